The molecule has 1 aromatic heterocycles. The third-order valence-corrected chi connectivity index (χ3v) is 5.09. The number of rotatable bonds is 10. The zero-order valence-corrected chi connectivity index (χ0v) is 16.6. The van der Waals surface area contributed by atoms with E-state index in [1.807, 2.05) is 24.3 Å². The van der Waals surface area contributed by atoms with E-state index in [0.29, 0.717) is 13.2 Å². The summed E-state index contributed by atoms with van der Waals surface area (Å²) in [6.07, 6.45) is 0. The molecular weight excluding hydrogens is 358 g/mol. The fourth-order valence-corrected chi connectivity index (χ4v) is 3.47. The van der Waals surface area contributed by atoms with Crippen LogP contribution < -0.4 is 14.8 Å². The molecule has 2 aromatic carbocycles. The Labute approximate surface area is 164 Å². The molecule has 142 valence electrons. The molecule has 0 fully saturated rings. The minimum Gasteiger partial charge on any atom is -0.493 e. The second-order valence-electron chi connectivity index (χ2n) is 6.16. The molecule has 0 amide bonds. The summed E-state index contributed by atoms with van der Waals surface area (Å²) in [5.74, 6) is 1.52. The Balaban J connectivity index is 1.57. The van der Waals surface area contributed by atoms with Gasteiger partial charge in [-0.2, -0.15) is 0 Å². The molecule has 0 aliphatic rings. The molecule has 0 saturated heterocycles. The molecule has 0 spiro atoms. The summed E-state index contributed by atoms with van der Waals surface area (Å²) in [7, 11) is 3.39. The average Bonchev–Trinajstić information content (AvgIpc) is 3.22. The van der Waals surface area contributed by atoms with Crippen LogP contribution in [0.4, 0.5) is 0 Å². The first-order chi connectivity index (χ1) is 13.3. The van der Waals surface area contributed by atoms with Crippen molar-refractivity contribution in [3.8, 4) is 11.5 Å². The Kier molecular flexibility index (Phi) is 7.27. The van der Waals surface area contributed by atoms with Gasteiger partial charge in [-0.3, -0.25) is 0 Å². The summed E-state index contributed by atoms with van der Waals surface area (Å²) in [5, 5.41) is 5.54. The molecule has 4 nitrogen and oxygen atoms in total. The first-order valence-corrected chi connectivity index (χ1v) is 9.76. The summed E-state index contributed by atoms with van der Waals surface area (Å²) in [5.41, 5.74) is 3.61. The van der Waals surface area contributed by atoms with Gasteiger partial charge in [-0.15, -0.1) is 11.3 Å². The third-order valence-electron chi connectivity index (χ3n) is 4.24. The summed E-state index contributed by atoms with van der Waals surface area (Å²) in [4.78, 5) is 1.19. The number of ether oxygens (including phenoxy) is 3. The van der Waals surface area contributed by atoms with Gasteiger partial charge in [0.25, 0.3) is 0 Å². The molecule has 0 saturated carbocycles. The lowest BCUT2D eigenvalue weighted by Crippen LogP contribution is -2.14. The van der Waals surface area contributed by atoms with Gasteiger partial charge >= 0.3 is 0 Å². The van der Waals surface area contributed by atoms with Crippen LogP contribution in [0.25, 0.3) is 0 Å². The highest BCUT2D eigenvalue weighted by Crippen LogP contribution is 2.29. The lowest BCUT2D eigenvalue weighted by molar-refractivity contribution is 0.184. The zero-order valence-electron chi connectivity index (χ0n) is 15.7. The van der Waals surface area contributed by atoms with Crippen LogP contribution in [0.5, 0.6) is 11.5 Å². The van der Waals surface area contributed by atoms with Crippen LogP contribution in [0.1, 0.15) is 21.6 Å². The molecule has 0 aliphatic carbocycles. The molecule has 3 rings (SSSR count). The van der Waals surface area contributed by atoms with Gasteiger partial charge in [0, 0.05) is 25.1 Å². The molecular formula is C22H25NO3S. The van der Waals surface area contributed by atoms with E-state index in [9.17, 15) is 0 Å². The van der Waals surface area contributed by atoms with Crippen molar-refractivity contribution >= 4 is 11.3 Å². The molecule has 0 radical (unpaired) electrons. The van der Waals surface area contributed by atoms with E-state index in [1.54, 1.807) is 25.6 Å². The molecule has 0 bridgehead atoms. The van der Waals surface area contributed by atoms with Crippen molar-refractivity contribution in [2.24, 2.45) is 0 Å². The monoisotopic (exact) mass is 383 g/mol. The number of methoxy groups -OCH3 is 2. The highest BCUT2D eigenvalue weighted by Gasteiger charge is 2.07. The van der Waals surface area contributed by atoms with Gasteiger partial charge in [0.1, 0.15) is 6.61 Å². The quantitative estimate of drug-likeness (QED) is 0.547. The third kappa shape index (κ3) is 5.57. The Morgan fingerprint density at radius 1 is 0.852 bits per heavy atom. The van der Waals surface area contributed by atoms with Crippen molar-refractivity contribution in [3.63, 3.8) is 0 Å². The lowest BCUT2D eigenvalue weighted by Gasteiger charge is -2.13. The van der Waals surface area contributed by atoms with Crippen molar-refractivity contribution < 1.29 is 14.2 Å². The van der Waals surface area contributed by atoms with Crippen LogP contribution in [-0.4, -0.2) is 14.2 Å². The number of nitrogens with one attached hydrogen (secondary N) is 1. The fraction of sp³-hybridized carbons (Fsp3) is 0.273. The lowest BCUT2D eigenvalue weighted by atomic mass is 10.1. The van der Waals surface area contributed by atoms with Crippen molar-refractivity contribution in [3.05, 3.63) is 81.5 Å². The minimum atomic E-state index is 0.557. The molecule has 0 aliphatic heterocycles. The van der Waals surface area contributed by atoms with Crippen LogP contribution in [0.2, 0.25) is 0 Å². The van der Waals surface area contributed by atoms with Gasteiger partial charge in [-0.25, -0.2) is 0 Å². The molecule has 5 heteroatoms. The van der Waals surface area contributed by atoms with E-state index in [2.05, 4.69) is 41.0 Å². The molecule has 1 heterocycles. The Morgan fingerprint density at radius 2 is 1.70 bits per heavy atom. The van der Waals surface area contributed by atoms with Gasteiger partial charge in [-0.1, -0.05) is 36.4 Å². The maximum Gasteiger partial charge on any atom is 0.161 e. The predicted octanol–water partition coefficient (Wildman–Crippen LogP) is 4.77. The Morgan fingerprint density at radius 3 is 2.44 bits per heavy atom. The predicted molar refractivity (Wildman–Crippen MR) is 109 cm³/mol. The van der Waals surface area contributed by atoms with Gasteiger partial charge in [0.15, 0.2) is 11.5 Å². The maximum atomic E-state index is 5.89. The van der Waals surface area contributed by atoms with Crippen molar-refractivity contribution in [1.29, 1.82) is 0 Å². The van der Waals surface area contributed by atoms with Crippen LogP contribution in [0.15, 0.2) is 60.0 Å². The maximum absolute atomic E-state index is 5.89. The number of hydrogen-bond donors (Lipinski definition) is 1. The van der Waals surface area contributed by atoms with Crippen molar-refractivity contribution in [2.75, 3.05) is 14.2 Å². The summed E-state index contributed by atoms with van der Waals surface area (Å²) >= 11 is 1.69. The van der Waals surface area contributed by atoms with Crippen LogP contribution in [0.3, 0.4) is 0 Å². The first-order valence-electron chi connectivity index (χ1n) is 8.88. The van der Waals surface area contributed by atoms with Crippen molar-refractivity contribution in [1.82, 2.24) is 5.32 Å². The van der Waals surface area contributed by atoms with Gasteiger partial charge in [-0.05, 0) is 40.3 Å². The van der Waals surface area contributed by atoms with E-state index >= 15 is 0 Å². The number of benzene rings is 2. The minimum absolute atomic E-state index is 0.557. The van der Waals surface area contributed by atoms with Gasteiger partial charge < -0.3 is 19.5 Å². The van der Waals surface area contributed by atoms with Gasteiger partial charge in [0.2, 0.25) is 0 Å². The topological polar surface area (TPSA) is 39.7 Å². The number of hydrogen-bond acceptors (Lipinski definition) is 5. The second kappa shape index (κ2) is 10.1. The molecule has 0 unspecified atom stereocenters. The number of thiophene rings is 1. The molecule has 1 N–H and O–H groups in total. The smallest absolute Gasteiger partial charge is 0.161 e. The summed E-state index contributed by atoms with van der Waals surface area (Å²) < 4.78 is 16.7. The van der Waals surface area contributed by atoms with E-state index in [0.717, 1.165) is 30.2 Å². The van der Waals surface area contributed by atoms with Crippen LogP contribution in [-0.2, 0) is 31.0 Å². The Hall–Kier alpha value is -2.34. The normalized spacial score (nSPS) is 10.7. The van der Waals surface area contributed by atoms with E-state index in [1.165, 1.54) is 16.0 Å². The van der Waals surface area contributed by atoms with E-state index < -0.39 is 0 Å². The molecule has 27 heavy (non-hydrogen) atoms. The molecule has 3 aromatic rings. The van der Waals surface area contributed by atoms with Crippen LogP contribution in [0, 0.1) is 0 Å². The average molecular weight is 384 g/mol. The summed E-state index contributed by atoms with van der Waals surface area (Å²) in [6, 6.07) is 18.5. The first kappa shape index (κ1) is 19.4. The highest BCUT2D eigenvalue weighted by molar-refractivity contribution is 7.09. The Bertz CT molecular complexity index is 833. The SMILES string of the molecule is COCc1ccccc1CNCc1ccc(OCc2cccs2)c(OC)c1. The summed E-state index contributed by atoms with van der Waals surface area (Å²) in [6.45, 7) is 2.73. The van der Waals surface area contributed by atoms with Crippen molar-refractivity contribution in [2.45, 2.75) is 26.3 Å². The zero-order chi connectivity index (χ0) is 18.9. The van der Waals surface area contributed by atoms with E-state index in [-0.39, 0.29) is 0 Å². The van der Waals surface area contributed by atoms with Crippen LogP contribution >= 0.6 is 11.3 Å². The fourth-order valence-electron chi connectivity index (χ4n) is 2.85. The van der Waals surface area contributed by atoms with E-state index in [4.69, 9.17) is 14.2 Å². The standard InChI is InChI=1S/C22H25NO3S/c1-24-15-19-7-4-3-6-18(19)14-23-13-17-9-10-21(22(12-17)25-2)26-16-20-8-5-11-27-20/h3-12,23H,13-16H2,1-2H3. The molecule has 0 atom stereocenters. The largest absolute Gasteiger partial charge is 0.493 e. The van der Waals surface area contributed by atoms with Gasteiger partial charge in [0.05, 0.1) is 13.7 Å². The highest BCUT2D eigenvalue weighted by atomic mass is 32.1. The second-order valence-corrected chi connectivity index (χ2v) is 7.19.